The first-order chi connectivity index (χ1) is 12.2. The summed E-state index contributed by atoms with van der Waals surface area (Å²) in [6.07, 6.45) is 4.11. The number of rotatable bonds is 2. The molecule has 0 N–H and O–H groups in total. The summed E-state index contributed by atoms with van der Waals surface area (Å²) in [5, 5.41) is 0. The lowest BCUT2D eigenvalue weighted by Gasteiger charge is -2.36. The largest absolute Gasteiger partial charge is 0.459 e. The number of hydrogen-bond acceptors (Lipinski definition) is 3. The number of benzene rings is 1. The van der Waals surface area contributed by atoms with Crippen LogP contribution in [0.5, 0.6) is 0 Å². The lowest BCUT2D eigenvalue weighted by Crippen LogP contribution is -2.47. The molecule has 1 saturated heterocycles. The zero-order valence-electron chi connectivity index (χ0n) is 14.2. The van der Waals surface area contributed by atoms with Crippen LogP contribution in [0.2, 0.25) is 0 Å². The third kappa shape index (κ3) is 3.18. The molecule has 25 heavy (non-hydrogen) atoms. The summed E-state index contributed by atoms with van der Waals surface area (Å²) in [6.45, 7) is 2.61. The number of hydrogen-bond donors (Lipinski definition) is 0. The summed E-state index contributed by atoms with van der Waals surface area (Å²) in [5.74, 6) is 0.288. The molecule has 0 spiro atoms. The Kier molecular flexibility index (Phi) is 4.30. The second kappa shape index (κ2) is 6.75. The van der Waals surface area contributed by atoms with Gasteiger partial charge in [-0.1, -0.05) is 24.3 Å². The summed E-state index contributed by atoms with van der Waals surface area (Å²) in [4.78, 5) is 29.2. The van der Waals surface area contributed by atoms with E-state index in [1.54, 1.807) is 17.0 Å². The summed E-state index contributed by atoms with van der Waals surface area (Å²) in [5.41, 5.74) is 2.58. The van der Waals surface area contributed by atoms with Crippen LogP contribution in [0, 0.1) is 5.92 Å². The van der Waals surface area contributed by atoms with Crippen LogP contribution in [-0.2, 0) is 17.8 Å². The highest BCUT2D eigenvalue weighted by molar-refractivity contribution is 5.92. The fraction of sp³-hybridized carbons (Fsp3) is 0.400. The van der Waals surface area contributed by atoms with E-state index in [0.717, 1.165) is 25.8 Å². The Hall–Kier alpha value is -2.56. The first kappa shape index (κ1) is 15.9. The Labute approximate surface area is 147 Å². The summed E-state index contributed by atoms with van der Waals surface area (Å²) in [7, 11) is 0. The van der Waals surface area contributed by atoms with Gasteiger partial charge in [0.2, 0.25) is 5.91 Å². The molecule has 5 nitrogen and oxygen atoms in total. The van der Waals surface area contributed by atoms with Crippen molar-refractivity contribution in [3.05, 3.63) is 59.5 Å². The van der Waals surface area contributed by atoms with Crippen molar-refractivity contribution < 1.29 is 14.0 Å². The molecular formula is C20H22N2O3. The van der Waals surface area contributed by atoms with Gasteiger partial charge in [0.15, 0.2) is 5.76 Å². The second-order valence-electron chi connectivity index (χ2n) is 6.85. The quantitative estimate of drug-likeness (QED) is 0.846. The number of amides is 2. The Bertz CT molecular complexity index is 769. The topological polar surface area (TPSA) is 53.8 Å². The van der Waals surface area contributed by atoms with Gasteiger partial charge in [0.1, 0.15) is 0 Å². The van der Waals surface area contributed by atoms with E-state index in [2.05, 4.69) is 18.2 Å². The zero-order valence-corrected chi connectivity index (χ0v) is 14.2. The molecule has 3 heterocycles. The Morgan fingerprint density at radius 1 is 1.00 bits per heavy atom. The molecule has 130 valence electrons. The molecule has 1 atom stereocenters. The van der Waals surface area contributed by atoms with Gasteiger partial charge in [0, 0.05) is 26.2 Å². The van der Waals surface area contributed by atoms with E-state index in [1.807, 2.05) is 11.0 Å². The highest BCUT2D eigenvalue weighted by Gasteiger charge is 2.33. The van der Waals surface area contributed by atoms with Gasteiger partial charge in [-0.3, -0.25) is 9.59 Å². The fourth-order valence-electron chi connectivity index (χ4n) is 3.86. The predicted octanol–water partition coefficient (Wildman–Crippen LogP) is 2.72. The van der Waals surface area contributed by atoms with Crippen LogP contribution in [-0.4, -0.2) is 41.2 Å². The molecule has 0 bridgehead atoms. The molecule has 0 radical (unpaired) electrons. The van der Waals surface area contributed by atoms with Crippen molar-refractivity contribution in [2.45, 2.75) is 25.8 Å². The third-order valence-corrected chi connectivity index (χ3v) is 5.23. The molecule has 2 aromatic rings. The SMILES string of the molecule is O=C(c1ccco1)N1CCC[C@H](C(=O)N2CCc3ccccc3C2)C1. The van der Waals surface area contributed by atoms with Crippen LogP contribution in [0.4, 0.5) is 0 Å². The minimum absolute atomic E-state index is 0.113. The van der Waals surface area contributed by atoms with Gasteiger partial charge in [-0.05, 0) is 42.5 Å². The van der Waals surface area contributed by atoms with E-state index in [0.29, 0.717) is 25.4 Å². The van der Waals surface area contributed by atoms with Gasteiger partial charge < -0.3 is 14.2 Å². The Morgan fingerprint density at radius 3 is 2.64 bits per heavy atom. The molecule has 0 saturated carbocycles. The van der Waals surface area contributed by atoms with Gasteiger partial charge >= 0.3 is 0 Å². The van der Waals surface area contributed by atoms with Crippen LogP contribution >= 0.6 is 0 Å². The lowest BCUT2D eigenvalue weighted by atomic mass is 9.94. The number of nitrogens with zero attached hydrogens (tertiary/aromatic N) is 2. The summed E-state index contributed by atoms with van der Waals surface area (Å²) >= 11 is 0. The highest BCUT2D eigenvalue weighted by Crippen LogP contribution is 2.25. The number of likely N-dealkylation sites (tertiary alicyclic amines) is 1. The van der Waals surface area contributed by atoms with Crippen molar-refractivity contribution in [3.63, 3.8) is 0 Å². The van der Waals surface area contributed by atoms with E-state index in [4.69, 9.17) is 4.42 Å². The molecule has 0 aliphatic carbocycles. The Balaban J connectivity index is 1.43. The zero-order chi connectivity index (χ0) is 17.2. The maximum absolute atomic E-state index is 13.0. The van der Waals surface area contributed by atoms with E-state index in [-0.39, 0.29) is 17.7 Å². The first-order valence-corrected chi connectivity index (χ1v) is 8.91. The van der Waals surface area contributed by atoms with Crippen molar-refractivity contribution in [2.75, 3.05) is 19.6 Å². The molecule has 2 aliphatic rings. The van der Waals surface area contributed by atoms with Crippen molar-refractivity contribution in [3.8, 4) is 0 Å². The lowest BCUT2D eigenvalue weighted by molar-refractivity contribution is -0.137. The number of fused-ring (bicyclic) bond motifs is 1. The van der Waals surface area contributed by atoms with Crippen LogP contribution in [0.3, 0.4) is 0 Å². The van der Waals surface area contributed by atoms with Crippen molar-refractivity contribution in [2.24, 2.45) is 5.92 Å². The van der Waals surface area contributed by atoms with Crippen LogP contribution in [0.15, 0.2) is 47.1 Å². The molecule has 0 unspecified atom stereocenters. The van der Waals surface area contributed by atoms with E-state index in [9.17, 15) is 9.59 Å². The molecule has 2 aliphatic heterocycles. The van der Waals surface area contributed by atoms with Gasteiger partial charge in [0.05, 0.1) is 12.2 Å². The van der Waals surface area contributed by atoms with Crippen LogP contribution < -0.4 is 0 Å². The van der Waals surface area contributed by atoms with Crippen molar-refractivity contribution >= 4 is 11.8 Å². The van der Waals surface area contributed by atoms with Crippen LogP contribution in [0.1, 0.15) is 34.5 Å². The molecular weight excluding hydrogens is 316 g/mol. The Morgan fingerprint density at radius 2 is 1.84 bits per heavy atom. The van der Waals surface area contributed by atoms with Crippen molar-refractivity contribution in [1.29, 1.82) is 0 Å². The van der Waals surface area contributed by atoms with E-state index in [1.165, 1.54) is 17.4 Å². The van der Waals surface area contributed by atoms with Crippen LogP contribution in [0.25, 0.3) is 0 Å². The number of carbonyl (C=O) groups is 2. The predicted molar refractivity (Wildman–Crippen MR) is 92.9 cm³/mol. The summed E-state index contributed by atoms with van der Waals surface area (Å²) in [6, 6.07) is 11.7. The maximum atomic E-state index is 13.0. The first-order valence-electron chi connectivity index (χ1n) is 8.91. The number of furan rings is 1. The maximum Gasteiger partial charge on any atom is 0.289 e. The average molecular weight is 338 g/mol. The second-order valence-corrected chi connectivity index (χ2v) is 6.85. The number of piperidine rings is 1. The normalized spacial score (nSPS) is 20.2. The third-order valence-electron chi connectivity index (χ3n) is 5.23. The number of carbonyl (C=O) groups excluding carboxylic acids is 2. The van der Waals surface area contributed by atoms with Gasteiger partial charge in [-0.2, -0.15) is 0 Å². The van der Waals surface area contributed by atoms with Crippen molar-refractivity contribution in [1.82, 2.24) is 9.80 Å². The minimum Gasteiger partial charge on any atom is -0.459 e. The molecule has 1 fully saturated rings. The highest BCUT2D eigenvalue weighted by atomic mass is 16.3. The molecule has 5 heteroatoms. The van der Waals surface area contributed by atoms with E-state index < -0.39 is 0 Å². The van der Waals surface area contributed by atoms with Gasteiger partial charge in [-0.25, -0.2) is 0 Å². The summed E-state index contributed by atoms with van der Waals surface area (Å²) < 4.78 is 5.21. The smallest absolute Gasteiger partial charge is 0.289 e. The fourth-order valence-corrected chi connectivity index (χ4v) is 3.86. The average Bonchev–Trinajstić information content (AvgIpc) is 3.21. The monoisotopic (exact) mass is 338 g/mol. The molecule has 1 aromatic carbocycles. The molecule has 1 aromatic heterocycles. The van der Waals surface area contributed by atoms with Gasteiger partial charge in [0.25, 0.3) is 5.91 Å². The van der Waals surface area contributed by atoms with E-state index >= 15 is 0 Å². The standard InChI is InChI=1S/C20H22N2O3/c23-19(22-11-9-15-5-1-2-6-16(15)13-22)17-7-3-10-21(14-17)20(24)18-8-4-12-25-18/h1-2,4-6,8,12,17H,3,7,9-11,13-14H2/t17-/m0/s1. The molecule has 2 amide bonds. The van der Waals surface area contributed by atoms with Gasteiger partial charge in [-0.15, -0.1) is 0 Å². The minimum atomic E-state index is -0.119. The molecule has 4 rings (SSSR count).